The van der Waals surface area contributed by atoms with Crippen molar-refractivity contribution in [1.29, 1.82) is 0 Å². The van der Waals surface area contributed by atoms with Crippen molar-refractivity contribution in [2.24, 2.45) is 0 Å². The number of hydrogen-bond donors (Lipinski definition) is 3. The second-order valence-corrected chi connectivity index (χ2v) is 7.47. The lowest BCUT2D eigenvalue weighted by Crippen LogP contribution is -2.72. The third-order valence-corrected chi connectivity index (χ3v) is 4.99. The van der Waals surface area contributed by atoms with Gasteiger partial charge in [-0.2, -0.15) is 39.5 Å². The van der Waals surface area contributed by atoms with Crippen molar-refractivity contribution in [3.05, 3.63) is 65.2 Å². The van der Waals surface area contributed by atoms with Crippen LogP contribution in [0.15, 0.2) is 48.5 Å². The number of benzene rings is 2. The summed E-state index contributed by atoms with van der Waals surface area (Å²) in [4.78, 5) is 23.9. The summed E-state index contributed by atoms with van der Waals surface area (Å²) in [5, 5.41) is 11.9. The number of carbonyl (C=O) groups excluding carboxylic acids is 2. The highest BCUT2D eigenvalue weighted by Gasteiger charge is 2.72. The zero-order valence-corrected chi connectivity index (χ0v) is 18.2. The van der Waals surface area contributed by atoms with Crippen LogP contribution in [-0.4, -0.2) is 48.3 Å². The number of halogens is 9. The van der Waals surface area contributed by atoms with Gasteiger partial charge >= 0.3 is 30.2 Å². The van der Waals surface area contributed by atoms with E-state index < -0.39 is 58.5 Å². The summed E-state index contributed by atoms with van der Waals surface area (Å²) in [7, 11) is 0.521. The van der Waals surface area contributed by atoms with Crippen LogP contribution in [0.1, 0.15) is 21.5 Å². The first-order valence-corrected chi connectivity index (χ1v) is 9.59. The van der Waals surface area contributed by atoms with Crippen molar-refractivity contribution in [2.45, 2.75) is 36.7 Å². The van der Waals surface area contributed by atoms with E-state index >= 15 is 0 Å². The van der Waals surface area contributed by atoms with Crippen LogP contribution in [0.4, 0.5) is 45.2 Å². The van der Waals surface area contributed by atoms with Gasteiger partial charge in [0, 0.05) is 16.8 Å². The second kappa shape index (κ2) is 9.52. The van der Waals surface area contributed by atoms with Crippen LogP contribution in [0.25, 0.3) is 0 Å². The number of hydrogen-bond acceptors (Lipinski definition) is 5. The van der Waals surface area contributed by atoms with Crippen LogP contribution in [-0.2, 0) is 15.1 Å². The van der Waals surface area contributed by atoms with Crippen LogP contribution < -0.4 is 10.6 Å². The first-order chi connectivity index (χ1) is 16.3. The molecule has 3 N–H and O–H groups in total. The van der Waals surface area contributed by atoms with Crippen LogP contribution in [0.5, 0.6) is 0 Å². The van der Waals surface area contributed by atoms with Gasteiger partial charge in [0.25, 0.3) is 11.5 Å². The standard InChI is InChI=1S/C21H17F9N2O4/c1-11-3-5-12(6-4-11)15(33)32-18(20(25,26)27,21(28,29)30)31-14-9-7-13(8-10-14)17(35,16(34)36-2)19(22,23)24/h3-10,31,35H,1-2H3,(H,32,33). The van der Waals surface area contributed by atoms with Crippen molar-refractivity contribution < 1.29 is 58.9 Å². The smallest absolute Gasteiger partial charge is 0.439 e. The molecule has 0 aliphatic carbocycles. The van der Waals surface area contributed by atoms with Gasteiger partial charge in [-0.05, 0) is 31.2 Å². The highest BCUT2D eigenvalue weighted by atomic mass is 19.4. The molecule has 198 valence electrons. The predicted octanol–water partition coefficient (Wildman–Crippen LogP) is 4.58. The molecule has 0 spiro atoms. The Balaban J connectivity index is 2.55. The minimum atomic E-state index is -6.21. The van der Waals surface area contributed by atoms with Crippen LogP contribution >= 0.6 is 0 Å². The van der Waals surface area contributed by atoms with Gasteiger partial charge in [0.15, 0.2) is 0 Å². The van der Waals surface area contributed by atoms with E-state index in [-0.39, 0.29) is 12.1 Å². The Hall–Kier alpha value is -3.49. The van der Waals surface area contributed by atoms with Gasteiger partial charge < -0.3 is 20.5 Å². The number of alkyl halides is 9. The lowest BCUT2D eigenvalue weighted by molar-refractivity contribution is -0.294. The summed E-state index contributed by atoms with van der Waals surface area (Å²) in [6, 6.07) is 5.69. The SMILES string of the molecule is COC(=O)C(O)(c1ccc(NC(NC(=O)c2ccc(C)cc2)(C(F)(F)F)C(F)(F)F)cc1)C(F)(F)F. The molecule has 0 bridgehead atoms. The maximum Gasteiger partial charge on any atom is 0.439 e. The van der Waals surface area contributed by atoms with Crippen LogP contribution in [0, 0.1) is 6.92 Å². The largest absolute Gasteiger partial charge is 0.466 e. The minimum absolute atomic E-state index is 0.270. The van der Waals surface area contributed by atoms with Crippen molar-refractivity contribution in [3.63, 3.8) is 0 Å². The molecular weight excluding hydrogens is 515 g/mol. The molecule has 2 aromatic carbocycles. The summed E-state index contributed by atoms with van der Waals surface area (Å²) in [5.41, 5.74) is -11.6. The zero-order valence-electron chi connectivity index (χ0n) is 18.2. The van der Waals surface area contributed by atoms with Crippen LogP contribution in [0.2, 0.25) is 0 Å². The monoisotopic (exact) mass is 532 g/mol. The maximum absolute atomic E-state index is 13.8. The van der Waals surface area contributed by atoms with E-state index in [1.54, 1.807) is 6.92 Å². The number of ether oxygens (including phenoxy) is 1. The Kier molecular flexibility index (Phi) is 7.60. The first-order valence-electron chi connectivity index (χ1n) is 9.59. The Morgan fingerprint density at radius 1 is 0.778 bits per heavy atom. The first kappa shape index (κ1) is 28.7. The Labute approximate surface area is 197 Å². The average molecular weight is 532 g/mol. The van der Waals surface area contributed by atoms with E-state index in [9.17, 15) is 54.2 Å². The van der Waals surface area contributed by atoms with Crippen molar-refractivity contribution in [1.82, 2.24) is 5.32 Å². The maximum atomic E-state index is 13.8. The van der Waals surface area contributed by atoms with E-state index in [2.05, 4.69) is 4.74 Å². The highest BCUT2D eigenvalue weighted by molar-refractivity contribution is 5.95. The number of rotatable bonds is 6. The lowest BCUT2D eigenvalue weighted by atomic mass is 9.92. The molecule has 2 rings (SSSR count). The molecule has 1 amide bonds. The fourth-order valence-corrected chi connectivity index (χ4v) is 2.98. The summed E-state index contributed by atoms with van der Waals surface area (Å²) >= 11 is 0. The number of esters is 1. The third kappa shape index (κ3) is 5.20. The van der Waals surface area contributed by atoms with E-state index in [1.807, 2.05) is 0 Å². The number of amides is 1. The van der Waals surface area contributed by atoms with Crippen LogP contribution in [0.3, 0.4) is 0 Å². The van der Waals surface area contributed by atoms with Gasteiger partial charge in [-0.15, -0.1) is 0 Å². The predicted molar refractivity (Wildman–Crippen MR) is 106 cm³/mol. The number of aryl methyl sites for hydroxylation is 1. The molecule has 15 heteroatoms. The Morgan fingerprint density at radius 2 is 1.25 bits per heavy atom. The molecule has 0 fully saturated rings. The molecule has 0 aliphatic rings. The molecule has 1 atom stereocenters. The van der Waals surface area contributed by atoms with Gasteiger partial charge in [-0.3, -0.25) is 4.79 Å². The number of nitrogens with one attached hydrogen (secondary N) is 2. The van der Waals surface area contributed by atoms with E-state index in [4.69, 9.17) is 0 Å². The summed E-state index contributed by atoms with van der Waals surface area (Å²) in [5.74, 6) is -3.95. The van der Waals surface area contributed by atoms with Crippen molar-refractivity contribution >= 4 is 17.6 Å². The third-order valence-electron chi connectivity index (χ3n) is 4.99. The summed E-state index contributed by atoms with van der Waals surface area (Å²) in [6.07, 6.45) is -18.1. The molecule has 0 aliphatic heterocycles. The average Bonchev–Trinajstić information content (AvgIpc) is 2.76. The van der Waals surface area contributed by atoms with Gasteiger partial charge in [-0.25, -0.2) is 4.79 Å². The number of anilines is 1. The number of methoxy groups -OCH3 is 1. The molecule has 6 nitrogen and oxygen atoms in total. The fourth-order valence-electron chi connectivity index (χ4n) is 2.98. The molecule has 0 saturated carbocycles. The molecular formula is C21H17F9N2O4. The van der Waals surface area contributed by atoms with Crippen molar-refractivity contribution in [3.8, 4) is 0 Å². The topological polar surface area (TPSA) is 87.7 Å². The molecule has 1 unspecified atom stereocenters. The Morgan fingerprint density at radius 3 is 1.64 bits per heavy atom. The van der Waals surface area contributed by atoms with Gasteiger partial charge in [0.1, 0.15) is 0 Å². The fraction of sp³-hybridized carbons (Fsp3) is 0.333. The van der Waals surface area contributed by atoms with Gasteiger partial charge in [0.05, 0.1) is 7.11 Å². The molecule has 0 heterocycles. The van der Waals surface area contributed by atoms with Crippen molar-refractivity contribution in [2.75, 3.05) is 12.4 Å². The molecule has 2 aromatic rings. The molecule has 0 aromatic heterocycles. The second-order valence-electron chi connectivity index (χ2n) is 7.47. The summed E-state index contributed by atoms with van der Waals surface area (Å²) < 4.78 is 127. The van der Waals surface area contributed by atoms with Gasteiger partial charge in [0.2, 0.25) is 0 Å². The Bertz CT molecular complexity index is 1080. The number of carbonyl (C=O) groups is 2. The molecule has 0 saturated heterocycles. The molecule has 0 radical (unpaired) electrons. The quantitative estimate of drug-likeness (QED) is 0.288. The molecule has 36 heavy (non-hydrogen) atoms. The van der Waals surface area contributed by atoms with Gasteiger partial charge in [-0.1, -0.05) is 29.8 Å². The zero-order chi connectivity index (χ0) is 27.7. The summed E-state index contributed by atoms with van der Waals surface area (Å²) in [6.45, 7) is 1.56. The normalized spacial score (nSPS) is 14.6. The van der Waals surface area contributed by atoms with E-state index in [0.717, 1.165) is 22.8 Å². The lowest BCUT2D eigenvalue weighted by Gasteiger charge is -2.39. The number of aliphatic hydroxyl groups is 1. The van der Waals surface area contributed by atoms with E-state index in [1.165, 1.54) is 12.1 Å². The highest BCUT2D eigenvalue weighted by Crippen LogP contribution is 2.45. The van der Waals surface area contributed by atoms with E-state index in [0.29, 0.717) is 24.8 Å². The minimum Gasteiger partial charge on any atom is -0.466 e.